The number of carbonyl (C=O) groups is 1. The summed E-state index contributed by atoms with van der Waals surface area (Å²) in [6.07, 6.45) is 1.69. The van der Waals surface area contributed by atoms with E-state index in [4.69, 9.17) is 4.98 Å². The lowest BCUT2D eigenvalue weighted by molar-refractivity contribution is 0.0704. The van der Waals surface area contributed by atoms with Crippen molar-refractivity contribution in [3.05, 3.63) is 112 Å². The van der Waals surface area contributed by atoms with E-state index in [1.165, 1.54) is 0 Å². The highest BCUT2D eigenvalue weighted by Gasteiger charge is 2.28. The molecule has 0 saturated carbocycles. The fourth-order valence-corrected chi connectivity index (χ4v) is 4.94. The molecule has 1 N–H and O–H groups in total. The topological polar surface area (TPSA) is 96.8 Å². The van der Waals surface area contributed by atoms with E-state index in [9.17, 15) is 9.59 Å². The molecule has 2 aromatic heterocycles. The highest BCUT2D eigenvalue weighted by atomic mass is 16.2. The second-order valence-corrected chi connectivity index (χ2v) is 9.39. The molecule has 37 heavy (non-hydrogen) atoms. The van der Waals surface area contributed by atoms with Crippen LogP contribution >= 0.6 is 0 Å². The first-order valence-corrected chi connectivity index (χ1v) is 12.5. The van der Waals surface area contributed by atoms with E-state index >= 15 is 0 Å². The number of carbonyl (C=O) groups excluding carboxylic acids is 1. The molecule has 0 unspecified atom stereocenters. The number of hydrogen-bond acceptors (Lipinski definition) is 5. The molecule has 1 aliphatic heterocycles. The number of nitrogens with one attached hydrogen (secondary N) is 1. The van der Waals surface area contributed by atoms with Gasteiger partial charge in [-0.2, -0.15) is 0 Å². The van der Waals surface area contributed by atoms with Gasteiger partial charge >= 0.3 is 0 Å². The van der Waals surface area contributed by atoms with Crippen molar-refractivity contribution in [3.63, 3.8) is 0 Å². The average Bonchev–Trinajstić information content (AvgIpc) is 3.37. The standard InChI is InChI=1S/C29H26N6O2/c36-28-25-27(35(33-32-25)18-20-13-15-22(16-14-20)21-8-3-1-4-9-21)30-26(31-28)24-12-7-17-34(19-24)29(37)23-10-5-2-6-11-23/h1-6,8-11,13-16,24H,7,12,17-19H2,(H,30,31,36)/t24-/m0/s1. The van der Waals surface area contributed by atoms with E-state index in [-0.39, 0.29) is 22.9 Å². The van der Waals surface area contributed by atoms with Crippen molar-refractivity contribution in [2.45, 2.75) is 25.3 Å². The molecule has 6 rings (SSSR count). The van der Waals surface area contributed by atoms with Gasteiger partial charge in [-0.05, 0) is 41.7 Å². The molecule has 8 nitrogen and oxygen atoms in total. The van der Waals surface area contributed by atoms with Crippen LogP contribution in [0.15, 0.2) is 89.7 Å². The Morgan fingerprint density at radius 1 is 0.919 bits per heavy atom. The quantitative estimate of drug-likeness (QED) is 0.397. The van der Waals surface area contributed by atoms with Crippen molar-refractivity contribution in [3.8, 4) is 11.1 Å². The Balaban J connectivity index is 1.25. The Bertz CT molecular complexity index is 1590. The maximum absolute atomic E-state index is 13.0. The molecule has 1 amide bonds. The van der Waals surface area contributed by atoms with Crippen LogP contribution in [0.4, 0.5) is 0 Å². The highest BCUT2D eigenvalue weighted by molar-refractivity contribution is 5.94. The van der Waals surface area contributed by atoms with Crippen molar-refractivity contribution in [1.82, 2.24) is 29.9 Å². The van der Waals surface area contributed by atoms with Gasteiger partial charge in [0.05, 0.1) is 6.54 Å². The Morgan fingerprint density at radius 2 is 1.62 bits per heavy atom. The number of benzene rings is 3. The van der Waals surface area contributed by atoms with Crippen LogP contribution < -0.4 is 5.56 Å². The van der Waals surface area contributed by atoms with Crippen LogP contribution in [0.25, 0.3) is 22.3 Å². The van der Waals surface area contributed by atoms with Crippen molar-refractivity contribution in [2.24, 2.45) is 0 Å². The first kappa shape index (κ1) is 22.8. The summed E-state index contributed by atoms with van der Waals surface area (Å²) in [4.78, 5) is 35.4. The number of H-pyrrole nitrogens is 1. The molecule has 3 aromatic carbocycles. The van der Waals surface area contributed by atoms with E-state index in [1.807, 2.05) is 53.4 Å². The Hall–Kier alpha value is -4.59. The molecule has 1 atom stereocenters. The van der Waals surface area contributed by atoms with Crippen LogP contribution in [0.2, 0.25) is 0 Å². The SMILES string of the molecule is O=C(c1ccccc1)N1CCC[C@H](c2nc3c(nnn3Cc3ccc(-c4ccccc4)cc3)c(=O)[nH]2)C1. The van der Waals surface area contributed by atoms with E-state index in [1.54, 1.807) is 4.68 Å². The maximum atomic E-state index is 13.0. The molecule has 0 radical (unpaired) electrons. The monoisotopic (exact) mass is 490 g/mol. The minimum atomic E-state index is -0.308. The molecular formula is C29H26N6O2. The van der Waals surface area contributed by atoms with E-state index in [0.717, 1.165) is 29.5 Å². The largest absolute Gasteiger partial charge is 0.338 e. The third-order valence-corrected chi connectivity index (χ3v) is 6.90. The number of aromatic amines is 1. The molecule has 8 heteroatoms. The van der Waals surface area contributed by atoms with Gasteiger partial charge in [0.25, 0.3) is 11.5 Å². The van der Waals surface area contributed by atoms with Crippen LogP contribution in [0.1, 0.15) is 40.5 Å². The third kappa shape index (κ3) is 4.65. The normalized spacial score (nSPS) is 15.7. The van der Waals surface area contributed by atoms with Crippen LogP contribution in [0.5, 0.6) is 0 Å². The van der Waals surface area contributed by atoms with E-state index in [2.05, 4.69) is 51.7 Å². The highest BCUT2D eigenvalue weighted by Crippen LogP contribution is 2.26. The van der Waals surface area contributed by atoms with Crippen LogP contribution in [0.3, 0.4) is 0 Å². The number of fused-ring (bicyclic) bond motifs is 1. The smallest absolute Gasteiger partial charge is 0.281 e. The summed E-state index contributed by atoms with van der Waals surface area (Å²) in [6.45, 7) is 1.64. The molecule has 3 heterocycles. The second kappa shape index (κ2) is 9.81. The van der Waals surface area contributed by atoms with Gasteiger partial charge in [-0.15, -0.1) is 5.10 Å². The summed E-state index contributed by atoms with van der Waals surface area (Å²) in [7, 11) is 0. The molecule has 1 saturated heterocycles. The lowest BCUT2D eigenvalue weighted by Gasteiger charge is -2.32. The third-order valence-electron chi connectivity index (χ3n) is 6.90. The maximum Gasteiger partial charge on any atom is 0.281 e. The summed E-state index contributed by atoms with van der Waals surface area (Å²) in [5, 5.41) is 8.31. The van der Waals surface area contributed by atoms with Gasteiger partial charge < -0.3 is 9.88 Å². The lowest BCUT2D eigenvalue weighted by Crippen LogP contribution is -2.39. The van der Waals surface area contributed by atoms with Crippen molar-refractivity contribution in [2.75, 3.05) is 13.1 Å². The number of nitrogens with zero attached hydrogens (tertiary/aromatic N) is 5. The first-order chi connectivity index (χ1) is 18.2. The second-order valence-electron chi connectivity index (χ2n) is 9.39. The molecule has 0 spiro atoms. The zero-order chi connectivity index (χ0) is 25.2. The van der Waals surface area contributed by atoms with Gasteiger partial charge in [0.1, 0.15) is 5.82 Å². The molecule has 184 valence electrons. The Morgan fingerprint density at radius 3 is 2.38 bits per heavy atom. The zero-order valence-electron chi connectivity index (χ0n) is 20.2. The van der Waals surface area contributed by atoms with Crippen LogP contribution in [-0.4, -0.2) is 48.9 Å². The predicted octanol–water partition coefficient (Wildman–Crippen LogP) is 4.25. The van der Waals surface area contributed by atoms with Crippen molar-refractivity contribution < 1.29 is 4.79 Å². The van der Waals surface area contributed by atoms with E-state index in [0.29, 0.717) is 36.7 Å². The summed E-state index contributed by atoms with van der Waals surface area (Å²) in [5.74, 6) is 0.512. The number of amides is 1. The van der Waals surface area contributed by atoms with Gasteiger partial charge in [-0.1, -0.05) is 78.0 Å². The Kier molecular flexibility index (Phi) is 6.06. The summed E-state index contributed by atoms with van der Waals surface area (Å²) in [5.41, 5.74) is 4.36. The number of piperidine rings is 1. The van der Waals surface area contributed by atoms with Gasteiger partial charge in [0.15, 0.2) is 11.2 Å². The number of likely N-dealkylation sites (tertiary alicyclic amines) is 1. The molecule has 0 bridgehead atoms. The van der Waals surface area contributed by atoms with E-state index < -0.39 is 0 Å². The minimum Gasteiger partial charge on any atom is -0.338 e. The Labute approximate surface area is 213 Å². The van der Waals surface area contributed by atoms with Crippen molar-refractivity contribution >= 4 is 17.1 Å². The van der Waals surface area contributed by atoms with Crippen LogP contribution in [-0.2, 0) is 6.54 Å². The summed E-state index contributed by atoms with van der Waals surface area (Å²) < 4.78 is 1.67. The summed E-state index contributed by atoms with van der Waals surface area (Å²) >= 11 is 0. The van der Waals surface area contributed by atoms with Gasteiger partial charge in [-0.25, -0.2) is 9.67 Å². The molecule has 0 aliphatic carbocycles. The number of aromatic nitrogens is 5. The molecule has 1 aliphatic rings. The average molecular weight is 491 g/mol. The predicted molar refractivity (Wildman–Crippen MR) is 141 cm³/mol. The van der Waals surface area contributed by atoms with Gasteiger partial charge in [-0.3, -0.25) is 9.59 Å². The van der Waals surface area contributed by atoms with Gasteiger partial charge in [0, 0.05) is 24.6 Å². The fourth-order valence-electron chi connectivity index (χ4n) is 4.94. The fraction of sp³-hybridized carbons (Fsp3) is 0.207. The molecule has 5 aromatic rings. The zero-order valence-corrected chi connectivity index (χ0v) is 20.2. The molecular weight excluding hydrogens is 464 g/mol. The summed E-state index contributed by atoms with van der Waals surface area (Å²) in [6, 6.07) is 27.8. The van der Waals surface area contributed by atoms with Gasteiger partial charge in [0.2, 0.25) is 0 Å². The lowest BCUT2D eigenvalue weighted by atomic mass is 9.96. The van der Waals surface area contributed by atoms with Crippen LogP contribution in [0, 0.1) is 0 Å². The minimum absolute atomic E-state index is 0.000571. The first-order valence-electron chi connectivity index (χ1n) is 12.5. The molecule has 1 fully saturated rings. The number of hydrogen-bond donors (Lipinski definition) is 1. The number of rotatable bonds is 5. The van der Waals surface area contributed by atoms with Crippen molar-refractivity contribution in [1.29, 1.82) is 0 Å².